The Bertz CT molecular complexity index is 465. The van der Waals surface area contributed by atoms with Gasteiger partial charge in [0.15, 0.2) is 0 Å². The van der Waals surface area contributed by atoms with E-state index in [2.05, 4.69) is 0 Å². The quantitative estimate of drug-likeness (QED) is 0.514. The normalized spacial score (nSPS) is 12.7. The Morgan fingerprint density at radius 1 is 1.26 bits per heavy atom. The van der Waals surface area contributed by atoms with Gasteiger partial charge in [-0.2, -0.15) is 0 Å². The molecule has 0 spiro atoms. The molecule has 1 N–H and O–H groups in total. The second-order valence-electron chi connectivity index (χ2n) is 5.11. The SMILES string of the molecule is CC(C)(C)OC(=O)/C=C/C=C(\CO)c1ccccc1. The average molecular weight is 260 g/mol. The molecule has 0 amide bonds. The number of hydrogen-bond acceptors (Lipinski definition) is 3. The summed E-state index contributed by atoms with van der Waals surface area (Å²) >= 11 is 0. The molecular formula is C16H20O3. The number of rotatable bonds is 4. The highest BCUT2D eigenvalue weighted by molar-refractivity contribution is 5.83. The predicted octanol–water partition coefficient (Wildman–Crippen LogP) is 2.96. The van der Waals surface area contributed by atoms with Crippen molar-refractivity contribution in [2.24, 2.45) is 0 Å². The molecule has 0 aliphatic heterocycles. The topological polar surface area (TPSA) is 46.5 Å². The molecule has 0 aliphatic rings. The number of hydrogen-bond donors (Lipinski definition) is 1. The zero-order chi connectivity index (χ0) is 14.3. The molecule has 0 radical (unpaired) electrons. The third-order valence-corrected chi connectivity index (χ3v) is 2.25. The summed E-state index contributed by atoms with van der Waals surface area (Å²) in [6.07, 6.45) is 4.65. The maximum Gasteiger partial charge on any atom is 0.331 e. The fourth-order valence-corrected chi connectivity index (χ4v) is 1.47. The van der Waals surface area contributed by atoms with Crippen LogP contribution in [0.1, 0.15) is 26.3 Å². The predicted molar refractivity (Wildman–Crippen MR) is 76.5 cm³/mol. The number of carbonyl (C=O) groups excluding carboxylic acids is 1. The van der Waals surface area contributed by atoms with Gasteiger partial charge >= 0.3 is 5.97 Å². The van der Waals surface area contributed by atoms with Gasteiger partial charge in [-0.3, -0.25) is 0 Å². The highest BCUT2D eigenvalue weighted by Gasteiger charge is 2.13. The van der Waals surface area contributed by atoms with Crippen molar-refractivity contribution in [2.75, 3.05) is 6.61 Å². The van der Waals surface area contributed by atoms with Crippen molar-refractivity contribution in [3.8, 4) is 0 Å². The third kappa shape index (κ3) is 6.02. The van der Waals surface area contributed by atoms with Gasteiger partial charge in [0.05, 0.1) is 6.61 Å². The van der Waals surface area contributed by atoms with Gasteiger partial charge in [0.1, 0.15) is 5.60 Å². The van der Waals surface area contributed by atoms with E-state index >= 15 is 0 Å². The van der Waals surface area contributed by atoms with E-state index in [-0.39, 0.29) is 6.61 Å². The van der Waals surface area contributed by atoms with Crippen LogP contribution in [-0.4, -0.2) is 23.3 Å². The Balaban J connectivity index is 2.71. The Morgan fingerprint density at radius 3 is 2.42 bits per heavy atom. The maximum atomic E-state index is 11.5. The molecule has 102 valence electrons. The summed E-state index contributed by atoms with van der Waals surface area (Å²) < 4.78 is 5.14. The first kappa shape index (κ1) is 15.2. The van der Waals surface area contributed by atoms with Gasteiger partial charge in [0, 0.05) is 6.08 Å². The molecule has 0 saturated heterocycles. The van der Waals surface area contributed by atoms with Gasteiger partial charge in [-0.15, -0.1) is 0 Å². The Kier molecular flexibility index (Phi) is 5.52. The molecule has 0 unspecified atom stereocenters. The lowest BCUT2D eigenvalue weighted by molar-refractivity contribution is -0.148. The summed E-state index contributed by atoms with van der Waals surface area (Å²) in [5.41, 5.74) is 1.18. The van der Waals surface area contributed by atoms with Crippen molar-refractivity contribution >= 4 is 11.5 Å². The molecule has 0 fully saturated rings. The molecular weight excluding hydrogens is 240 g/mol. The van der Waals surface area contributed by atoms with Crippen molar-refractivity contribution in [3.05, 3.63) is 54.1 Å². The van der Waals surface area contributed by atoms with E-state index < -0.39 is 11.6 Å². The lowest BCUT2D eigenvalue weighted by Gasteiger charge is -2.17. The Hall–Kier alpha value is -1.87. The van der Waals surface area contributed by atoms with E-state index in [1.54, 1.807) is 12.2 Å². The molecule has 0 aromatic heterocycles. The van der Waals surface area contributed by atoms with E-state index in [4.69, 9.17) is 4.74 Å². The number of benzene rings is 1. The van der Waals surface area contributed by atoms with Gasteiger partial charge in [-0.05, 0) is 31.9 Å². The van der Waals surface area contributed by atoms with Gasteiger partial charge in [-0.1, -0.05) is 42.5 Å². The molecule has 1 aromatic carbocycles. The van der Waals surface area contributed by atoms with Crippen LogP contribution < -0.4 is 0 Å². The van der Waals surface area contributed by atoms with E-state index in [0.717, 1.165) is 11.1 Å². The number of aliphatic hydroxyl groups excluding tert-OH is 1. The monoisotopic (exact) mass is 260 g/mol. The van der Waals surface area contributed by atoms with Crippen molar-refractivity contribution in [1.29, 1.82) is 0 Å². The second-order valence-corrected chi connectivity index (χ2v) is 5.11. The second kappa shape index (κ2) is 6.90. The van der Waals surface area contributed by atoms with Crippen LogP contribution in [0.3, 0.4) is 0 Å². The highest BCUT2D eigenvalue weighted by atomic mass is 16.6. The van der Waals surface area contributed by atoms with Gasteiger partial charge in [0.25, 0.3) is 0 Å². The largest absolute Gasteiger partial charge is 0.457 e. The Morgan fingerprint density at radius 2 is 1.89 bits per heavy atom. The zero-order valence-corrected chi connectivity index (χ0v) is 11.6. The molecule has 3 nitrogen and oxygen atoms in total. The van der Waals surface area contributed by atoms with Crippen LogP contribution in [-0.2, 0) is 9.53 Å². The Labute approximate surface area is 114 Å². The van der Waals surface area contributed by atoms with Gasteiger partial charge < -0.3 is 9.84 Å². The molecule has 0 bridgehead atoms. The summed E-state index contributed by atoms with van der Waals surface area (Å²) in [6.45, 7) is 5.37. The summed E-state index contributed by atoms with van der Waals surface area (Å²) in [7, 11) is 0. The van der Waals surface area contributed by atoms with Gasteiger partial charge in [0.2, 0.25) is 0 Å². The maximum absolute atomic E-state index is 11.5. The molecule has 3 heteroatoms. The molecule has 1 rings (SSSR count). The smallest absolute Gasteiger partial charge is 0.331 e. The molecule has 0 heterocycles. The zero-order valence-electron chi connectivity index (χ0n) is 11.6. The van der Waals surface area contributed by atoms with Crippen molar-refractivity contribution in [2.45, 2.75) is 26.4 Å². The number of ether oxygens (including phenoxy) is 1. The summed E-state index contributed by atoms with van der Waals surface area (Å²) in [6, 6.07) is 9.52. The number of carbonyl (C=O) groups is 1. The molecule has 0 saturated carbocycles. The van der Waals surface area contributed by atoms with Crippen LogP contribution in [0.2, 0.25) is 0 Å². The summed E-state index contributed by atoms with van der Waals surface area (Å²) in [4.78, 5) is 11.5. The van der Waals surface area contributed by atoms with Crippen LogP contribution >= 0.6 is 0 Å². The highest BCUT2D eigenvalue weighted by Crippen LogP contribution is 2.13. The number of aliphatic hydroxyl groups is 1. The first-order chi connectivity index (χ1) is 8.92. The molecule has 19 heavy (non-hydrogen) atoms. The van der Waals surface area contributed by atoms with Crippen molar-refractivity contribution in [1.82, 2.24) is 0 Å². The lowest BCUT2D eigenvalue weighted by atomic mass is 10.1. The van der Waals surface area contributed by atoms with Crippen molar-refractivity contribution in [3.63, 3.8) is 0 Å². The fourth-order valence-electron chi connectivity index (χ4n) is 1.47. The van der Waals surface area contributed by atoms with E-state index in [1.807, 2.05) is 51.1 Å². The van der Waals surface area contributed by atoms with Crippen LogP contribution in [0.15, 0.2) is 48.6 Å². The summed E-state index contributed by atoms with van der Waals surface area (Å²) in [5.74, 6) is -0.394. The van der Waals surface area contributed by atoms with E-state index in [9.17, 15) is 9.90 Å². The van der Waals surface area contributed by atoms with Gasteiger partial charge in [-0.25, -0.2) is 4.79 Å². The fraction of sp³-hybridized carbons (Fsp3) is 0.312. The van der Waals surface area contributed by atoms with Crippen LogP contribution in [0.5, 0.6) is 0 Å². The van der Waals surface area contributed by atoms with E-state index in [1.165, 1.54) is 6.08 Å². The third-order valence-electron chi connectivity index (χ3n) is 2.25. The van der Waals surface area contributed by atoms with Crippen LogP contribution in [0, 0.1) is 0 Å². The standard InChI is InChI=1S/C16H20O3/c1-16(2,3)19-15(18)11-7-10-14(12-17)13-8-5-4-6-9-13/h4-11,17H,12H2,1-3H3/b11-7+,14-10+. The lowest BCUT2D eigenvalue weighted by Crippen LogP contribution is -2.22. The van der Waals surface area contributed by atoms with E-state index in [0.29, 0.717) is 0 Å². The van der Waals surface area contributed by atoms with Crippen molar-refractivity contribution < 1.29 is 14.6 Å². The first-order valence-corrected chi connectivity index (χ1v) is 6.19. The number of esters is 1. The molecule has 0 atom stereocenters. The average Bonchev–Trinajstić information content (AvgIpc) is 2.33. The van der Waals surface area contributed by atoms with Crippen LogP contribution in [0.4, 0.5) is 0 Å². The minimum absolute atomic E-state index is 0.0807. The molecule has 1 aromatic rings. The first-order valence-electron chi connectivity index (χ1n) is 6.19. The number of allylic oxidation sites excluding steroid dienone is 2. The minimum Gasteiger partial charge on any atom is -0.457 e. The molecule has 0 aliphatic carbocycles. The van der Waals surface area contributed by atoms with Crippen LogP contribution in [0.25, 0.3) is 5.57 Å². The summed E-state index contributed by atoms with van der Waals surface area (Å²) in [5, 5.41) is 9.31. The minimum atomic E-state index is -0.496.